The van der Waals surface area contributed by atoms with Gasteiger partial charge in [-0.15, -0.1) is 10.2 Å². The molecular formula is C27H21N3O. The highest BCUT2D eigenvalue weighted by molar-refractivity contribution is 6.00. The zero-order valence-electron chi connectivity index (χ0n) is 16.9. The molecule has 1 N–H and O–H groups in total. The fourth-order valence-electron chi connectivity index (χ4n) is 3.53. The van der Waals surface area contributed by atoms with Gasteiger partial charge in [0.05, 0.1) is 0 Å². The van der Waals surface area contributed by atoms with Crippen molar-refractivity contribution in [1.29, 1.82) is 0 Å². The van der Waals surface area contributed by atoms with Crippen molar-refractivity contribution in [2.45, 2.75) is 6.54 Å². The number of anilines is 1. The Labute approximate surface area is 181 Å². The molecule has 4 nitrogen and oxygen atoms in total. The topological polar surface area (TPSA) is 47.0 Å². The lowest BCUT2D eigenvalue weighted by atomic mass is 10.0. The van der Waals surface area contributed by atoms with Crippen LogP contribution in [0.5, 0.6) is 11.5 Å². The fraction of sp³-hybridized carbons (Fsp3) is 0.0370. The highest BCUT2D eigenvalue weighted by Gasteiger charge is 2.11. The number of fused-ring (bicyclic) bond motifs is 1. The van der Waals surface area contributed by atoms with Gasteiger partial charge >= 0.3 is 0 Å². The molecule has 0 saturated heterocycles. The maximum absolute atomic E-state index is 5.90. The van der Waals surface area contributed by atoms with Crippen LogP contribution in [0.25, 0.3) is 22.0 Å². The van der Waals surface area contributed by atoms with E-state index in [0.29, 0.717) is 6.54 Å². The van der Waals surface area contributed by atoms with Gasteiger partial charge in [0.2, 0.25) is 0 Å². The normalized spacial score (nSPS) is 10.7. The first kappa shape index (κ1) is 18.8. The van der Waals surface area contributed by atoms with Gasteiger partial charge in [-0.2, -0.15) is 0 Å². The Hall–Kier alpha value is -4.18. The molecule has 0 fully saturated rings. The van der Waals surface area contributed by atoms with Gasteiger partial charge in [-0.3, -0.25) is 0 Å². The Morgan fingerprint density at radius 2 is 1.19 bits per heavy atom. The Morgan fingerprint density at radius 1 is 0.581 bits per heavy atom. The Balaban J connectivity index is 1.42. The van der Waals surface area contributed by atoms with Gasteiger partial charge in [0, 0.05) is 22.9 Å². The predicted octanol–water partition coefficient (Wildman–Crippen LogP) is 6.70. The van der Waals surface area contributed by atoms with Gasteiger partial charge in [0.1, 0.15) is 17.2 Å². The van der Waals surface area contributed by atoms with E-state index in [2.05, 4.69) is 39.8 Å². The van der Waals surface area contributed by atoms with E-state index in [1.165, 1.54) is 5.56 Å². The lowest BCUT2D eigenvalue weighted by Gasteiger charge is -2.12. The number of ether oxygens (including phenoxy) is 1. The largest absolute Gasteiger partial charge is 0.457 e. The average Bonchev–Trinajstić information content (AvgIpc) is 2.84. The molecule has 0 amide bonds. The molecule has 4 aromatic carbocycles. The molecular weight excluding hydrogens is 382 g/mol. The van der Waals surface area contributed by atoms with Crippen molar-refractivity contribution in [3.8, 4) is 22.8 Å². The van der Waals surface area contributed by atoms with Crippen LogP contribution in [0, 0.1) is 0 Å². The summed E-state index contributed by atoms with van der Waals surface area (Å²) < 4.78 is 5.90. The van der Waals surface area contributed by atoms with Gasteiger partial charge in [-0.05, 0) is 42.0 Å². The number of nitrogens with one attached hydrogen (secondary N) is 1. The standard InChI is InChI=1S/C27H21N3O/c1-3-9-20(10-4-1)19-28-27-25-14-8-7-13-24(25)26(29-30-27)21-15-17-23(18-16-21)31-22-11-5-2-6-12-22/h1-18H,19H2,(H,28,30). The minimum Gasteiger partial charge on any atom is -0.457 e. The number of hydrogen-bond donors (Lipinski definition) is 1. The number of rotatable bonds is 6. The quantitative estimate of drug-likeness (QED) is 0.343. The lowest BCUT2D eigenvalue weighted by molar-refractivity contribution is 0.483. The summed E-state index contributed by atoms with van der Waals surface area (Å²) in [6.07, 6.45) is 0. The summed E-state index contributed by atoms with van der Waals surface area (Å²) in [6.45, 7) is 0.699. The first-order valence-electron chi connectivity index (χ1n) is 10.2. The molecule has 0 aliphatic carbocycles. The Morgan fingerprint density at radius 3 is 1.94 bits per heavy atom. The van der Waals surface area contributed by atoms with E-state index in [1.807, 2.05) is 84.9 Å². The first-order chi connectivity index (χ1) is 15.4. The van der Waals surface area contributed by atoms with Crippen molar-refractivity contribution < 1.29 is 4.74 Å². The van der Waals surface area contributed by atoms with Crippen molar-refractivity contribution in [2.24, 2.45) is 0 Å². The second-order valence-corrected chi connectivity index (χ2v) is 7.22. The summed E-state index contributed by atoms with van der Waals surface area (Å²) in [4.78, 5) is 0. The zero-order valence-corrected chi connectivity index (χ0v) is 16.9. The first-order valence-corrected chi connectivity index (χ1v) is 10.2. The fourth-order valence-corrected chi connectivity index (χ4v) is 3.53. The van der Waals surface area contributed by atoms with Gasteiger partial charge in [-0.25, -0.2) is 0 Å². The molecule has 0 atom stereocenters. The smallest absolute Gasteiger partial charge is 0.156 e. The van der Waals surface area contributed by atoms with Gasteiger partial charge in [-0.1, -0.05) is 72.8 Å². The summed E-state index contributed by atoms with van der Waals surface area (Å²) in [5.41, 5.74) is 3.05. The van der Waals surface area contributed by atoms with Crippen LogP contribution >= 0.6 is 0 Å². The van der Waals surface area contributed by atoms with Gasteiger partial charge in [0.25, 0.3) is 0 Å². The molecule has 1 heterocycles. The number of benzene rings is 4. The number of hydrogen-bond acceptors (Lipinski definition) is 4. The number of nitrogens with zero attached hydrogens (tertiary/aromatic N) is 2. The maximum atomic E-state index is 5.90. The summed E-state index contributed by atoms with van der Waals surface area (Å²) in [5, 5.41) is 14.6. The van der Waals surface area contributed by atoms with E-state index < -0.39 is 0 Å². The highest BCUT2D eigenvalue weighted by atomic mass is 16.5. The van der Waals surface area contributed by atoms with Crippen molar-refractivity contribution in [3.05, 3.63) is 115 Å². The van der Waals surface area contributed by atoms with Crippen molar-refractivity contribution in [1.82, 2.24) is 10.2 Å². The predicted molar refractivity (Wildman–Crippen MR) is 125 cm³/mol. The Kier molecular flexibility index (Phi) is 5.27. The van der Waals surface area contributed by atoms with Crippen LogP contribution in [-0.2, 0) is 6.54 Å². The molecule has 31 heavy (non-hydrogen) atoms. The summed E-state index contributed by atoms with van der Waals surface area (Å²) >= 11 is 0. The molecule has 0 aliphatic rings. The third-order valence-electron chi connectivity index (χ3n) is 5.10. The van der Waals surface area contributed by atoms with Crippen molar-refractivity contribution in [2.75, 3.05) is 5.32 Å². The van der Waals surface area contributed by atoms with E-state index in [0.717, 1.165) is 39.3 Å². The van der Waals surface area contributed by atoms with Crippen LogP contribution < -0.4 is 10.1 Å². The summed E-state index contributed by atoms with van der Waals surface area (Å²) in [7, 11) is 0. The second kappa shape index (κ2) is 8.67. The molecule has 150 valence electrons. The SMILES string of the molecule is c1ccc(CNc2nnc(-c3ccc(Oc4ccccc4)cc3)c3ccccc23)cc1. The van der Waals surface area contributed by atoms with Gasteiger partial charge in [0.15, 0.2) is 5.82 Å². The van der Waals surface area contributed by atoms with E-state index in [4.69, 9.17) is 4.74 Å². The molecule has 1 aromatic heterocycles. The van der Waals surface area contributed by atoms with Crippen LogP contribution in [0.2, 0.25) is 0 Å². The minimum absolute atomic E-state index is 0.699. The molecule has 0 unspecified atom stereocenters. The molecule has 0 radical (unpaired) electrons. The van der Waals surface area contributed by atoms with E-state index >= 15 is 0 Å². The zero-order chi connectivity index (χ0) is 20.9. The van der Waals surface area contributed by atoms with Crippen LogP contribution in [-0.4, -0.2) is 10.2 Å². The summed E-state index contributed by atoms with van der Waals surface area (Å²) in [6, 6.07) is 36.2. The molecule has 4 heteroatoms. The molecule has 0 saturated carbocycles. The van der Waals surface area contributed by atoms with Crippen molar-refractivity contribution in [3.63, 3.8) is 0 Å². The Bertz CT molecular complexity index is 1290. The number of para-hydroxylation sites is 1. The van der Waals surface area contributed by atoms with Crippen LogP contribution in [0.4, 0.5) is 5.82 Å². The second-order valence-electron chi connectivity index (χ2n) is 7.22. The van der Waals surface area contributed by atoms with E-state index in [1.54, 1.807) is 0 Å². The third-order valence-corrected chi connectivity index (χ3v) is 5.10. The van der Waals surface area contributed by atoms with E-state index in [-0.39, 0.29) is 0 Å². The lowest BCUT2D eigenvalue weighted by Crippen LogP contribution is -2.04. The molecule has 0 aliphatic heterocycles. The molecule has 0 spiro atoms. The maximum Gasteiger partial charge on any atom is 0.156 e. The summed E-state index contributed by atoms with van der Waals surface area (Å²) in [5.74, 6) is 2.38. The van der Waals surface area contributed by atoms with E-state index in [9.17, 15) is 0 Å². The third kappa shape index (κ3) is 4.23. The van der Waals surface area contributed by atoms with Crippen molar-refractivity contribution >= 4 is 16.6 Å². The number of aromatic nitrogens is 2. The monoisotopic (exact) mass is 403 g/mol. The highest BCUT2D eigenvalue weighted by Crippen LogP contribution is 2.31. The van der Waals surface area contributed by atoms with Gasteiger partial charge < -0.3 is 10.1 Å². The minimum atomic E-state index is 0.699. The average molecular weight is 403 g/mol. The van der Waals surface area contributed by atoms with Crippen LogP contribution in [0.3, 0.4) is 0 Å². The molecule has 5 aromatic rings. The van der Waals surface area contributed by atoms with Crippen LogP contribution in [0.1, 0.15) is 5.56 Å². The molecule has 0 bridgehead atoms. The molecule has 5 rings (SSSR count). The van der Waals surface area contributed by atoms with Crippen LogP contribution in [0.15, 0.2) is 109 Å².